The first-order valence-corrected chi connectivity index (χ1v) is 9.54. The Labute approximate surface area is 176 Å². The van der Waals surface area contributed by atoms with Crippen molar-refractivity contribution < 1.29 is 13.9 Å². The molecule has 0 radical (unpaired) electrons. The highest BCUT2D eigenvalue weighted by atomic mass is 19.1. The number of benzene rings is 3. The van der Waals surface area contributed by atoms with Gasteiger partial charge in [0.25, 0.3) is 0 Å². The van der Waals surface area contributed by atoms with Crippen LogP contribution in [0.15, 0.2) is 60.8 Å². The van der Waals surface area contributed by atoms with Crippen LogP contribution in [0.1, 0.15) is 0 Å². The molecule has 0 aliphatic rings. The quantitative estimate of drug-likeness (QED) is 0.417. The molecule has 2 aromatic heterocycles. The van der Waals surface area contributed by atoms with Crippen LogP contribution < -0.4 is 14.8 Å². The number of anilines is 2. The lowest BCUT2D eigenvalue weighted by molar-refractivity contribution is 0.356. The zero-order valence-corrected chi connectivity index (χ0v) is 16.8. The maximum atomic E-state index is 13.6. The third kappa shape index (κ3) is 3.48. The highest BCUT2D eigenvalue weighted by Gasteiger charge is 2.15. The molecule has 5 aromatic rings. The fourth-order valence-corrected chi connectivity index (χ4v) is 3.52. The average Bonchev–Trinajstić information content (AvgIpc) is 3.25. The largest absolute Gasteiger partial charge is 0.493 e. The van der Waals surface area contributed by atoms with Crippen LogP contribution in [-0.2, 0) is 0 Å². The Hall–Kier alpha value is -4.20. The van der Waals surface area contributed by atoms with Crippen LogP contribution in [0.25, 0.3) is 33.1 Å². The van der Waals surface area contributed by atoms with Crippen molar-refractivity contribution in [2.75, 3.05) is 19.5 Å². The zero-order chi connectivity index (χ0) is 21.4. The first kappa shape index (κ1) is 18.8. The second kappa shape index (κ2) is 7.56. The molecular formula is C23H18FN5O2. The number of nitrogens with zero attached hydrogens (tertiary/aromatic N) is 3. The summed E-state index contributed by atoms with van der Waals surface area (Å²) in [7, 11) is 3.16. The van der Waals surface area contributed by atoms with E-state index in [4.69, 9.17) is 14.5 Å². The minimum atomic E-state index is -0.345. The molecule has 0 aliphatic carbocycles. The standard InChI is InChI=1S/C23H18FN5O2/c1-30-20-10-17-19(11-21(20)31-2)27-23(26-16-5-3-4-15(24)9-16)28-22(17)13-6-7-18-14(8-13)12-25-29-18/h3-12H,1-2H3,(H,25,29)(H,26,27,28). The summed E-state index contributed by atoms with van der Waals surface area (Å²) in [4.78, 5) is 9.37. The SMILES string of the molecule is COc1cc2nc(Nc3cccc(F)c3)nc(-c3ccc4[nH]ncc4c3)c2cc1OC. The third-order valence-corrected chi connectivity index (χ3v) is 5.00. The van der Waals surface area contributed by atoms with Gasteiger partial charge in [0.2, 0.25) is 5.95 Å². The Morgan fingerprint density at radius 3 is 2.58 bits per heavy atom. The van der Waals surface area contributed by atoms with E-state index in [0.717, 1.165) is 21.9 Å². The minimum Gasteiger partial charge on any atom is -0.493 e. The minimum absolute atomic E-state index is 0.340. The molecule has 0 saturated heterocycles. The van der Waals surface area contributed by atoms with Gasteiger partial charge in [0.05, 0.1) is 37.1 Å². The van der Waals surface area contributed by atoms with Crippen molar-refractivity contribution in [3.8, 4) is 22.8 Å². The number of H-pyrrole nitrogens is 1. The predicted molar refractivity (Wildman–Crippen MR) is 117 cm³/mol. The summed E-state index contributed by atoms with van der Waals surface area (Å²) in [6.07, 6.45) is 1.76. The third-order valence-electron chi connectivity index (χ3n) is 5.00. The van der Waals surface area contributed by atoms with E-state index in [0.29, 0.717) is 34.3 Å². The second-order valence-electron chi connectivity index (χ2n) is 6.93. The number of ether oxygens (including phenoxy) is 2. The number of halogens is 1. The van der Waals surface area contributed by atoms with Gasteiger partial charge in [0.1, 0.15) is 5.82 Å². The topological polar surface area (TPSA) is 85.0 Å². The average molecular weight is 415 g/mol. The van der Waals surface area contributed by atoms with Crippen molar-refractivity contribution in [2.24, 2.45) is 0 Å². The molecule has 0 atom stereocenters. The number of aromatic amines is 1. The molecule has 0 saturated carbocycles. The van der Waals surface area contributed by atoms with Gasteiger partial charge in [-0.25, -0.2) is 14.4 Å². The van der Waals surface area contributed by atoms with Crippen molar-refractivity contribution in [1.29, 1.82) is 0 Å². The zero-order valence-electron chi connectivity index (χ0n) is 16.8. The van der Waals surface area contributed by atoms with Crippen LogP contribution in [0, 0.1) is 5.82 Å². The van der Waals surface area contributed by atoms with Crippen LogP contribution in [-0.4, -0.2) is 34.4 Å². The van der Waals surface area contributed by atoms with E-state index < -0.39 is 0 Å². The molecule has 3 aromatic carbocycles. The van der Waals surface area contributed by atoms with E-state index in [2.05, 4.69) is 20.5 Å². The molecule has 7 nitrogen and oxygen atoms in total. The van der Waals surface area contributed by atoms with Gasteiger partial charge in [-0.1, -0.05) is 12.1 Å². The lowest BCUT2D eigenvalue weighted by Gasteiger charge is -2.14. The van der Waals surface area contributed by atoms with Crippen LogP contribution in [0.5, 0.6) is 11.5 Å². The number of fused-ring (bicyclic) bond motifs is 2. The summed E-state index contributed by atoms with van der Waals surface area (Å²) in [6.45, 7) is 0. The molecule has 2 heterocycles. The molecule has 154 valence electrons. The number of methoxy groups -OCH3 is 2. The molecule has 0 amide bonds. The van der Waals surface area contributed by atoms with Gasteiger partial charge < -0.3 is 14.8 Å². The number of nitrogens with one attached hydrogen (secondary N) is 2. The van der Waals surface area contributed by atoms with E-state index in [1.807, 2.05) is 24.3 Å². The summed E-state index contributed by atoms with van der Waals surface area (Å²) in [6, 6.07) is 15.7. The fraction of sp³-hybridized carbons (Fsp3) is 0.0870. The first-order chi connectivity index (χ1) is 15.1. The summed E-state index contributed by atoms with van der Waals surface area (Å²) < 4.78 is 24.6. The van der Waals surface area contributed by atoms with Gasteiger partial charge in [-0.2, -0.15) is 5.10 Å². The van der Waals surface area contributed by atoms with Crippen LogP contribution in [0.2, 0.25) is 0 Å². The molecule has 2 N–H and O–H groups in total. The van der Waals surface area contributed by atoms with Gasteiger partial charge in [0.15, 0.2) is 11.5 Å². The Morgan fingerprint density at radius 1 is 0.935 bits per heavy atom. The lowest BCUT2D eigenvalue weighted by Crippen LogP contribution is -2.01. The number of rotatable bonds is 5. The Morgan fingerprint density at radius 2 is 1.77 bits per heavy atom. The van der Waals surface area contributed by atoms with Crippen LogP contribution >= 0.6 is 0 Å². The van der Waals surface area contributed by atoms with E-state index in [9.17, 15) is 4.39 Å². The van der Waals surface area contributed by atoms with Crippen molar-refractivity contribution in [3.05, 3.63) is 66.6 Å². The first-order valence-electron chi connectivity index (χ1n) is 9.54. The van der Waals surface area contributed by atoms with Crippen LogP contribution in [0.4, 0.5) is 16.0 Å². The number of hydrogen-bond acceptors (Lipinski definition) is 6. The fourth-order valence-electron chi connectivity index (χ4n) is 3.52. The maximum Gasteiger partial charge on any atom is 0.228 e. The highest BCUT2D eigenvalue weighted by Crippen LogP contribution is 2.37. The Balaban J connectivity index is 1.73. The summed E-state index contributed by atoms with van der Waals surface area (Å²) in [5, 5.41) is 11.9. The van der Waals surface area contributed by atoms with Crippen LogP contribution in [0.3, 0.4) is 0 Å². The van der Waals surface area contributed by atoms with E-state index >= 15 is 0 Å². The van der Waals surface area contributed by atoms with Crippen molar-refractivity contribution >= 4 is 33.4 Å². The molecule has 0 aliphatic heterocycles. The Kier molecular flexibility index (Phi) is 4.59. The highest BCUT2D eigenvalue weighted by molar-refractivity contribution is 5.97. The van der Waals surface area contributed by atoms with Gasteiger partial charge in [0, 0.05) is 28.1 Å². The van der Waals surface area contributed by atoms with Gasteiger partial charge >= 0.3 is 0 Å². The molecule has 8 heteroatoms. The summed E-state index contributed by atoms with van der Waals surface area (Å²) >= 11 is 0. The van der Waals surface area contributed by atoms with Crippen molar-refractivity contribution in [3.63, 3.8) is 0 Å². The Bertz CT molecular complexity index is 1420. The lowest BCUT2D eigenvalue weighted by atomic mass is 10.0. The predicted octanol–water partition coefficient (Wildman–Crippen LogP) is 5.07. The number of hydrogen-bond donors (Lipinski definition) is 2. The van der Waals surface area contributed by atoms with Gasteiger partial charge in [-0.05, 0) is 36.4 Å². The van der Waals surface area contributed by atoms with Gasteiger partial charge in [-0.3, -0.25) is 5.10 Å². The monoisotopic (exact) mass is 415 g/mol. The molecule has 0 bridgehead atoms. The number of aromatic nitrogens is 4. The maximum absolute atomic E-state index is 13.6. The smallest absolute Gasteiger partial charge is 0.228 e. The normalized spacial score (nSPS) is 11.1. The van der Waals surface area contributed by atoms with E-state index in [-0.39, 0.29) is 5.82 Å². The van der Waals surface area contributed by atoms with E-state index in [1.165, 1.54) is 12.1 Å². The molecule has 5 rings (SSSR count). The van der Waals surface area contributed by atoms with Crippen molar-refractivity contribution in [2.45, 2.75) is 0 Å². The summed E-state index contributed by atoms with van der Waals surface area (Å²) in [5.41, 5.74) is 3.73. The van der Waals surface area contributed by atoms with Crippen molar-refractivity contribution in [1.82, 2.24) is 20.2 Å². The molecule has 0 unspecified atom stereocenters. The molecular weight excluding hydrogens is 397 g/mol. The molecule has 0 fully saturated rings. The van der Waals surface area contributed by atoms with Gasteiger partial charge in [-0.15, -0.1) is 0 Å². The molecule has 0 spiro atoms. The second-order valence-corrected chi connectivity index (χ2v) is 6.93. The van der Waals surface area contributed by atoms with E-state index in [1.54, 1.807) is 38.6 Å². The molecule has 31 heavy (non-hydrogen) atoms. The summed E-state index contributed by atoms with van der Waals surface area (Å²) in [5.74, 6) is 1.13.